The summed E-state index contributed by atoms with van der Waals surface area (Å²) in [5.41, 5.74) is 11.0. The topological polar surface area (TPSA) is 358 Å². The lowest BCUT2D eigenvalue weighted by Crippen LogP contribution is -2.62. The van der Waals surface area contributed by atoms with Crippen LogP contribution < -0.4 is 54.0 Å². The first-order chi connectivity index (χ1) is 32.9. The van der Waals surface area contributed by atoms with Crippen LogP contribution in [0.2, 0.25) is 0 Å². The van der Waals surface area contributed by atoms with Crippen molar-refractivity contribution in [3.8, 4) is 0 Å². The SMILES string of the molecule is CCC[C@H](NC(=O)[C@@H](NC(=O)[C@@H](CCSC)NC(=O)[C@@H](NC(=O)CNC(=O)CN(C)C(C)=O)C(C)C)[C@@H](C)O)C(=O)N[C@H](C(=O)N[C@@H](CCCN=C(N)N)C(=O)N1CCC[C@H]1C(=O)NCC)[C@@H](C)CC. The van der Waals surface area contributed by atoms with Crippen molar-refractivity contribution in [3.63, 3.8) is 0 Å². The molecule has 0 radical (unpaired) electrons. The predicted molar refractivity (Wildman–Crippen MR) is 265 cm³/mol. The van der Waals surface area contributed by atoms with Gasteiger partial charge in [0.1, 0.15) is 42.3 Å². The molecule has 1 aliphatic rings. The molecule has 0 aromatic rings. The van der Waals surface area contributed by atoms with Gasteiger partial charge in [0.2, 0.25) is 59.1 Å². The van der Waals surface area contributed by atoms with Crippen LogP contribution in [0.5, 0.6) is 0 Å². The second-order valence-electron chi connectivity index (χ2n) is 17.8. The zero-order valence-corrected chi connectivity index (χ0v) is 43.4. The first-order valence-corrected chi connectivity index (χ1v) is 25.4. The average Bonchev–Trinajstić information content (AvgIpc) is 3.80. The Bertz CT molecular complexity index is 1820. The third kappa shape index (κ3) is 21.5. The summed E-state index contributed by atoms with van der Waals surface area (Å²) in [7, 11) is 1.42. The predicted octanol–water partition coefficient (Wildman–Crippen LogP) is -2.69. The monoisotopic (exact) mass is 1010 g/mol. The summed E-state index contributed by atoms with van der Waals surface area (Å²) in [5.74, 6) is -7.05. The van der Waals surface area contributed by atoms with Crippen molar-refractivity contribution in [1.29, 1.82) is 0 Å². The molecule has 0 unspecified atom stereocenters. The van der Waals surface area contributed by atoms with Crippen LogP contribution in [-0.2, 0) is 47.9 Å². The number of carbonyl (C=O) groups is 10. The molecule has 0 saturated carbocycles. The molecular formula is C45H81N13O11S. The molecule has 1 aliphatic heterocycles. The lowest BCUT2D eigenvalue weighted by Gasteiger charge is -2.31. The minimum absolute atomic E-state index is 0.0842. The summed E-state index contributed by atoms with van der Waals surface area (Å²) < 4.78 is 0. The number of thioether (sulfide) groups is 1. The number of amides is 10. The molecule has 1 fully saturated rings. The van der Waals surface area contributed by atoms with E-state index in [1.54, 1.807) is 40.9 Å². The van der Waals surface area contributed by atoms with Crippen LogP contribution in [0.4, 0.5) is 0 Å². The Morgan fingerprint density at radius 1 is 0.743 bits per heavy atom. The van der Waals surface area contributed by atoms with Gasteiger partial charge in [-0.3, -0.25) is 52.9 Å². The Labute approximate surface area is 416 Å². The number of nitrogens with one attached hydrogen (secondary N) is 8. The number of aliphatic hydroxyl groups is 1. The van der Waals surface area contributed by atoms with E-state index in [2.05, 4.69) is 47.5 Å². The van der Waals surface area contributed by atoms with Gasteiger partial charge in [-0.15, -0.1) is 0 Å². The zero-order valence-electron chi connectivity index (χ0n) is 42.6. The first kappa shape index (κ1) is 62.3. The van der Waals surface area contributed by atoms with Crippen molar-refractivity contribution in [3.05, 3.63) is 0 Å². The van der Waals surface area contributed by atoms with Crippen molar-refractivity contribution < 1.29 is 53.1 Å². The Morgan fingerprint density at radius 3 is 1.84 bits per heavy atom. The molecule has 0 spiro atoms. The van der Waals surface area contributed by atoms with Gasteiger partial charge in [0.05, 0.1) is 19.2 Å². The van der Waals surface area contributed by atoms with Gasteiger partial charge >= 0.3 is 0 Å². The second-order valence-corrected chi connectivity index (χ2v) is 18.8. The summed E-state index contributed by atoms with van der Waals surface area (Å²) in [6, 6.07) is -8.28. The summed E-state index contributed by atoms with van der Waals surface area (Å²) in [4.78, 5) is 140. The zero-order chi connectivity index (χ0) is 53.2. The lowest BCUT2D eigenvalue weighted by molar-refractivity contribution is -0.142. The molecule has 9 atom stereocenters. The number of carbonyl (C=O) groups excluding carboxylic acids is 10. The molecule has 1 heterocycles. The Hall–Kier alpha value is -5.72. The minimum Gasteiger partial charge on any atom is -0.391 e. The number of nitrogens with two attached hydrogens (primary N) is 2. The van der Waals surface area contributed by atoms with Gasteiger partial charge in [-0.1, -0.05) is 47.5 Å². The number of hydrogen-bond acceptors (Lipinski definition) is 13. The standard InChI is InChI=1S/C45H81N13O11S/c1-11-16-29(38(63)55-36(26(6)12-2)42(67)53-31(17-14-20-49-45(46)47)44(69)58-21-15-18-32(58)40(65)48-13-3)51-43(68)37(27(7)59)56-39(64)30(19-22-70-10)52-41(66)35(25(4)5)54-33(61)23-50-34(62)24-57(9)28(8)60/h25-27,29-32,35-37,59H,11-24H2,1-10H3,(H,48,65)(H,50,62)(H,51,68)(H,52,66)(H,53,67)(H,54,61)(H,55,63)(H,56,64)(H4,46,47,49)/t26-,27+,29-,30+,31-,32-,35-,36-,37-/m0/s1. The van der Waals surface area contributed by atoms with Crippen LogP contribution in [0.15, 0.2) is 4.99 Å². The van der Waals surface area contributed by atoms with E-state index in [0.717, 1.165) is 4.90 Å². The fourth-order valence-electron chi connectivity index (χ4n) is 7.34. The van der Waals surface area contributed by atoms with Gasteiger partial charge in [-0.25, -0.2) is 0 Å². The third-order valence-corrected chi connectivity index (χ3v) is 12.3. The van der Waals surface area contributed by atoms with Crippen molar-refractivity contribution >= 4 is 76.8 Å². The molecule has 25 heteroatoms. The maximum absolute atomic E-state index is 14.2. The van der Waals surface area contributed by atoms with Crippen LogP contribution in [0, 0.1) is 11.8 Å². The maximum atomic E-state index is 14.2. The van der Waals surface area contributed by atoms with E-state index in [0.29, 0.717) is 50.9 Å². The Morgan fingerprint density at radius 2 is 1.31 bits per heavy atom. The highest BCUT2D eigenvalue weighted by molar-refractivity contribution is 7.98. The fourth-order valence-corrected chi connectivity index (χ4v) is 7.81. The highest BCUT2D eigenvalue weighted by Crippen LogP contribution is 2.20. The number of guanidine groups is 1. The number of likely N-dealkylation sites (tertiary alicyclic amines) is 1. The number of hydrogen-bond donors (Lipinski definition) is 11. The summed E-state index contributed by atoms with van der Waals surface area (Å²) in [6.45, 7) is 13.0. The average molecular weight is 1010 g/mol. The van der Waals surface area contributed by atoms with Crippen LogP contribution in [-0.4, -0.2) is 180 Å². The molecule has 398 valence electrons. The van der Waals surface area contributed by atoms with Gasteiger partial charge in [-0.05, 0) is 76.2 Å². The molecule has 0 bridgehead atoms. The number of nitrogens with zero attached hydrogens (tertiary/aromatic N) is 3. The van der Waals surface area contributed by atoms with E-state index >= 15 is 0 Å². The fraction of sp³-hybridized carbons (Fsp3) is 0.756. The van der Waals surface area contributed by atoms with E-state index < -0.39 is 114 Å². The van der Waals surface area contributed by atoms with E-state index in [1.807, 2.05) is 6.92 Å². The molecule has 0 aromatic heterocycles. The molecule has 0 aromatic carbocycles. The molecule has 24 nitrogen and oxygen atoms in total. The van der Waals surface area contributed by atoms with Gasteiger partial charge in [0.15, 0.2) is 5.96 Å². The number of aliphatic hydroxyl groups excluding tert-OH is 1. The molecular weight excluding hydrogens is 931 g/mol. The molecule has 0 aliphatic carbocycles. The van der Waals surface area contributed by atoms with Crippen molar-refractivity contribution in [2.75, 3.05) is 51.8 Å². The highest BCUT2D eigenvalue weighted by Gasteiger charge is 2.40. The second kappa shape index (κ2) is 32.2. The van der Waals surface area contributed by atoms with Crippen molar-refractivity contribution in [2.24, 2.45) is 28.3 Å². The summed E-state index contributed by atoms with van der Waals surface area (Å²) in [6.07, 6.45) is 2.71. The van der Waals surface area contributed by atoms with Crippen LogP contribution in [0.1, 0.15) is 107 Å². The van der Waals surface area contributed by atoms with Crippen LogP contribution >= 0.6 is 11.8 Å². The lowest BCUT2D eigenvalue weighted by atomic mass is 9.96. The molecule has 13 N–H and O–H groups in total. The van der Waals surface area contributed by atoms with Crippen molar-refractivity contribution in [1.82, 2.24) is 52.3 Å². The van der Waals surface area contributed by atoms with Crippen molar-refractivity contribution in [2.45, 2.75) is 155 Å². The molecule has 1 rings (SSSR count). The van der Waals surface area contributed by atoms with Crippen LogP contribution in [0.3, 0.4) is 0 Å². The van der Waals surface area contributed by atoms with Gasteiger partial charge in [0, 0.05) is 33.6 Å². The number of rotatable bonds is 31. The normalized spacial score (nSPS) is 16.6. The minimum atomic E-state index is -1.62. The molecule has 10 amide bonds. The van der Waals surface area contributed by atoms with Crippen LogP contribution in [0.25, 0.3) is 0 Å². The van der Waals surface area contributed by atoms with Gasteiger partial charge in [-0.2, -0.15) is 11.8 Å². The third-order valence-electron chi connectivity index (χ3n) is 11.7. The molecule has 1 saturated heterocycles. The van der Waals surface area contributed by atoms with E-state index in [1.165, 1.54) is 37.6 Å². The maximum Gasteiger partial charge on any atom is 0.245 e. The Kier molecular flexibility index (Phi) is 28.7. The van der Waals surface area contributed by atoms with E-state index in [-0.39, 0.29) is 50.1 Å². The number of aliphatic imine (C=N–C) groups is 1. The number of likely N-dealkylation sites (N-methyl/N-ethyl adjacent to an activating group) is 2. The first-order valence-electron chi connectivity index (χ1n) is 24.0. The largest absolute Gasteiger partial charge is 0.391 e. The summed E-state index contributed by atoms with van der Waals surface area (Å²) >= 11 is 1.38. The highest BCUT2D eigenvalue weighted by atomic mass is 32.2. The van der Waals surface area contributed by atoms with Gasteiger partial charge < -0.3 is 68.9 Å². The summed E-state index contributed by atoms with van der Waals surface area (Å²) in [5, 5.41) is 31.8. The van der Waals surface area contributed by atoms with E-state index in [9.17, 15) is 53.1 Å². The Balaban J connectivity index is 3.29. The smallest absolute Gasteiger partial charge is 0.245 e. The van der Waals surface area contributed by atoms with Gasteiger partial charge in [0.25, 0.3) is 0 Å². The molecule has 70 heavy (non-hydrogen) atoms. The van der Waals surface area contributed by atoms with E-state index in [4.69, 9.17) is 11.5 Å². The quantitative estimate of drug-likeness (QED) is 0.0192.